The van der Waals surface area contributed by atoms with Gasteiger partial charge in [0, 0.05) is 25.5 Å². The van der Waals surface area contributed by atoms with Crippen LogP contribution in [-0.2, 0) is 9.59 Å². The van der Waals surface area contributed by atoms with Gasteiger partial charge in [0.1, 0.15) is 0 Å². The van der Waals surface area contributed by atoms with Crippen LogP contribution in [0.3, 0.4) is 0 Å². The minimum Gasteiger partial charge on any atom is -0.272 e. The van der Waals surface area contributed by atoms with Crippen LogP contribution in [0.5, 0.6) is 0 Å². The van der Waals surface area contributed by atoms with Crippen LogP contribution in [0.1, 0.15) is 19.3 Å². The lowest BCUT2D eigenvalue weighted by atomic mass is 10.4. The van der Waals surface area contributed by atoms with Gasteiger partial charge in [0.2, 0.25) is 11.8 Å². The van der Waals surface area contributed by atoms with E-state index in [2.05, 4.69) is 5.10 Å². The number of hydrogen-bond acceptors (Lipinski definition) is 4. The highest BCUT2D eigenvalue weighted by Gasteiger charge is 2.34. The van der Waals surface area contributed by atoms with Crippen LogP contribution in [0.4, 0.5) is 0 Å². The molecule has 0 unspecified atom stereocenters. The molecular weight excluding hydrogens is 158 g/mol. The average molecular weight is 167 g/mol. The van der Waals surface area contributed by atoms with E-state index < -0.39 is 0 Å². The standard InChI is InChI=1S/C7H9N3O2/c11-6-2-3-7(12)10(6)9-5-1-4-8-9/h4H,1-3,5H2. The van der Waals surface area contributed by atoms with Crippen molar-refractivity contribution < 1.29 is 9.59 Å². The van der Waals surface area contributed by atoms with Crippen molar-refractivity contribution in [1.82, 2.24) is 10.1 Å². The average Bonchev–Trinajstić information content (AvgIpc) is 2.61. The van der Waals surface area contributed by atoms with Gasteiger partial charge in [-0.15, -0.1) is 0 Å². The second-order valence-corrected chi connectivity index (χ2v) is 2.78. The molecule has 0 atom stereocenters. The Bertz CT molecular complexity index is 245. The third-order valence-corrected chi connectivity index (χ3v) is 1.93. The van der Waals surface area contributed by atoms with E-state index in [1.807, 2.05) is 0 Å². The van der Waals surface area contributed by atoms with Crippen molar-refractivity contribution >= 4 is 18.0 Å². The summed E-state index contributed by atoms with van der Waals surface area (Å²) in [6.45, 7) is 0.636. The number of rotatable bonds is 1. The third-order valence-electron chi connectivity index (χ3n) is 1.93. The first-order valence-corrected chi connectivity index (χ1v) is 3.95. The van der Waals surface area contributed by atoms with Crippen molar-refractivity contribution in [3.8, 4) is 0 Å². The fraction of sp³-hybridized carbons (Fsp3) is 0.571. The lowest BCUT2D eigenvalue weighted by Gasteiger charge is -2.22. The van der Waals surface area contributed by atoms with Gasteiger partial charge in [-0.1, -0.05) is 0 Å². The minimum absolute atomic E-state index is 0.140. The Morgan fingerprint density at radius 2 is 1.92 bits per heavy atom. The lowest BCUT2D eigenvalue weighted by Crippen LogP contribution is -2.41. The molecule has 1 saturated heterocycles. The quantitative estimate of drug-likeness (QED) is 0.506. The summed E-state index contributed by atoms with van der Waals surface area (Å²) in [7, 11) is 0. The Morgan fingerprint density at radius 1 is 1.25 bits per heavy atom. The van der Waals surface area contributed by atoms with Crippen LogP contribution in [0.15, 0.2) is 5.10 Å². The molecule has 0 N–H and O–H groups in total. The molecule has 0 aliphatic carbocycles. The molecule has 0 radical (unpaired) electrons. The molecule has 64 valence electrons. The van der Waals surface area contributed by atoms with E-state index in [9.17, 15) is 9.59 Å². The first-order chi connectivity index (χ1) is 5.79. The van der Waals surface area contributed by atoms with E-state index in [1.165, 1.54) is 5.12 Å². The fourth-order valence-corrected chi connectivity index (χ4v) is 1.36. The van der Waals surface area contributed by atoms with E-state index in [-0.39, 0.29) is 11.8 Å². The molecular formula is C7H9N3O2. The first-order valence-electron chi connectivity index (χ1n) is 3.95. The van der Waals surface area contributed by atoms with Crippen LogP contribution < -0.4 is 0 Å². The molecule has 12 heavy (non-hydrogen) atoms. The second-order valence-electron chi connectivity index (χ2n) is 2.78. The summed E-state index contributed by atoms with van der Waals surface area (Å²) < 4.78 is 0. The molecule has 0 aromatic rings. The van der Waals surface area contributed by atoms with Gasteiger partial charge < -0.3 is 0 Å². The van der Waals surface area contributed by atoms with E-state index >= 15 is 0 Å². The lowest BCUT2D eigenvalue weighted by molar-refractivity contribution is -0.156. The van der Waals surface area contributed by atoms with Gasteiger partial charge in [0.05, 0.1) is 6.54 Å². The molecule has 0 aromatic carbocycles. The second kappa shape index (κ2) is 2.58. The maximum absolute atomic E-state index is 11.2. The highest BCUT2D eigenvalue weighted by atomic mass is 16.2. The Labute approximate surface area is 69.6 Å². The number of imide groups is 1. The Kier molecular flexibility index (Phi) is 1.56. The summed E-state index contributed by atoms with van der Waals surface area (Å²) >= 11 is 0. The van der Waals surface area contributed by atoms with Crippen LogP contribution in [-0.4, -0.2) is 34.7 Å². The smallest absolute Gasteiger partial charge is 0.250 e. The number of amides is 2. The number of hydrazine groups is 1. The van der Waals surface area contributed by atoms with Crippen molar-refractivity contribution in [3.63, 3.8) is 0 Å². The zero-order valence-electron chi connectivity index (χ0n) is 6.56. The number of nitrogens with zero attached hydrogens (tertiary/aromatic N) is 3. The predicted octanol–water partition coefficient (Wildman–Crippen LogP) is -0.258. The van der Waals surface area contributed by atoms with E-state index in [0.717, 1.165) is 11.4 Å². The largest absolute Gasteiger partial charge is 0.272 e. The van der Waals surface area contributed by atoms with Gasteiger partial charge >= 0.3 is 0 Å². The normalized spacial score (nSPS) is 23.0. The molecule has 1 fully saturated rings. The maximum atomic E-state index is 11.2. The topological polar surface area (TPSA) is 53.0 Å². The molecule has 0 bridgehead atoms. The number of hydrogen-bond donors (Lipinski definition) is 0. The van der Waals surface area contributed by atoms with E-state index in [1.54, 1.807) is 6.21 Å². The third kappa shape index (κ3) is 0.975. The summed E-state index contributed by atoms with van der Waals surface area (Å²) in [5.41, 5.74) is 0. The molecule has 2 aliphatic rings. The SMILES string of the molecule is O=C1CCC(=O)N1N1CCC=N1. The zero-order valence-corrected chi connectivity index (χ0v) is 6.56. The zero-order chi connectivity index (χ0) is 8.55. The van der Waals surface area contributed by atoms with Crippen molar-refractivity contribution in [2.24, 2.45) is 5.10 Å². The summed E-state index contributed by atoms with van der Waals surface area (Å²) in [4.78, 5) is 22.3. The van der Waals surface area contributed by atoms with Crippen molar-refractivity contribution in [2.45, 2.75) is 19.3 Å². The molecule has 2 aliphatic heterocycles. The fourth-order valence-electron chi connectivity index (χ4n) is 1.36. The Balaban J connectivity index is 2.15. The maximum Gasteiger partial charge on any atom is 0.250 e. The van der Waals surface area contributed by atoms with Crippen molar-refractivity contribution in [1.29, 1.82) is 0 Å². The molecule has 0 aromatic heterocycles. The number of carbonyl (C=O) groups is 2. The molecule has 2 rings (SSSR count). The van der Waals surface area contributed by atoms with Gasteiger partial charge in [-0.05, 0) is 0 Å². The van der Waals surface area contributed by atoms with Crippen LogP contribution >= 0.6 is 0 Å². The summed E-state index contributed by atoms with van der Waals surface area (Å²) in [5, 5.41) is 6.50. The minimum atomic E-state index is -0.140. The molecule has 2 amide bonds. The Morgan fingerprint density at radius 3 is 2.42 bits per heavy atom. The molecule has 2 heterocycles. The van der Waals surface area contributed by atoms with E-state index in [4.69, 9.17) is 0 Å². The van der Waals surface area contributed by atoms with Gasteiger partial charge in [-0.2, -0.15) is 15.2 Å². The highest BCUT2D eigenvalue weighted by molar-refractivity contribution is 6.01. The van der Waals surface area contributed by atoms with Gasteiger partial charge in [0.25, 0.3) is 0 Å². The van der Waals surface area contributed by atoms with Crippen LogP contribution in [0.25, 0.3) is 0 Å². The molecule has 5 nitrogen and oxygen atoms in total. The van der Waals surface area contributed by atoms with E-state index in [0.29, 0.717) is 19.4 Å². The predicted molar refractivity (Wildman–Crippen MR) is 40.9 cm³/mol. The van der Waals surface area contributed by atoms with Crippen LogP contribution in [0, 0.1) is 0 Å². The van der Waals surface area contributed by atoms with Gasteiger partial charge in [0.15, 0.2) is 0 Å². The van der Waals surface area contributed by atoms with Crippen LogP contribution in [0.2, 0.25) is 0 Å². The molecule has 0 spiro atoms. The first kappa shape index (κ1) is 7.27. The summed E-state index contributed by atoms with van der Waals surface area (Å²) in [6.07, 6.45) is 3.16. The molecule has 5 heteroatoms. The van der Waals surface area contributed by atoms with Gasteiger partial charge in [-0.3, -0.25) is 9.59 Å². The number of carbonyl (C=O) groups excluding carboxylic acids is 2. The monoisotopic (exact) mass is 167 g/mol. The summed E-state index contributed by atoms with van der Waals surface area (Å²) in [5.74, 6) is -0.280. The Hall–Kier alpha value is -1.39. The summed E-state index contributed by atoms with van der Waals surface area (Å²) in [6, 6.07) is 0. The van der Waals surface area contributed by atoms with Crippen molar-refractivity contribution in [3.05, 3.63) is 0 Å². The van der Waals surface area contributed by atoms with Gasteiger partial charge in [-0.25, -0.2) is 0 Å². The molecule has 0 saturated carbocycles. The van der Waals surface area contributed by atoms with Crippen molar-refractivity contribution in [2.75, 3.05) is 6.54 Å². The highest BCUT2D eigenvalue weighted by Crippen LogP contribution is 2.16. The number of hydrazone groups is 1.